The molecule has 1 saturated heterocycles. The van der Waals surface area contributed by atoms with E-state index in [4.69, 9.17) is 10.5 Å². The van der Waals surface area contributed by atoms with Crippen LogP contribution in [0.5, 0.6) is 5.75 Å². The highest BCUT2D eigenvalue weighted by atomic mass is 16.5. The van der Waals surface area contributed by atoms with Crippen molar-refractivity contribution >= 4 is 11.6 Å². The second kappa shape index (κ2) is 7.38. The lowest BCUT2D eigenvalue weighted by Gasteiger charge is -2.33. The van der Waals surface area contributed by atoms with E-state index in [0.29, 0.717) is 36.6 Å². The van der Waals surface area contributed by atoms with E-state index in [2.05, 4.69) is 22.2 Å². The molecule has 1 fully saturated rings. The number of carbonyl (C=O) groups excluding carboxylic acids is 1. The van der Waals surface area contributed by atoms with Gasteiger partial charge < -0.3 is 25.8 Å². The molecule has 1 atom stereocenters. The Bertz CT molecular complexity index is 600. The Kier molecular flexibility index (Phi) is 5.23. The van der Waals surface area contributed by atoms with Crippen LogP contribution in [0.15, 0.2) is 12.1 Å². The minimum absolute atomic E-state index is 0.186. The fourth-order valence-corrected chi connectivity index (χ4v) is 3.23. The number of aliphatic hydroxyl groups excluding tert-OH is 1. The second-order valence-corrected chi connectivity index (χ2v) is 6.58. The molecule has 0 aromatic heterocycles. The summed E-state index contributed by atoms with van der Waals surface area (Å²) < 4.78 is 5.49. The van der Waals surface area contributed by atoms with E-state index < -0.39 is 6.10 Å². The standard InChI is InChI=1S/C17H26N4O3/c1-20-5-7-21(8-6-20)11-12(22)10-19-17(23)14-2-3-15(18)16-13(14)4-9-24-16/h2-3,12,22H,4-11,18H2,1H3,(H,19,23)/t12-/m0/s1. The molecule has 2 aliphatic rings. The maximum absolute atomic E-state index is 12.4. The molecule has 1 aromatic rings. The van der Waals surface area contributed by atoms with Crippen LogP contribution in [0.1, 0.15) is 15.9 Å². The van der Waals surface area contributed by atoms with Crippen molar-refractivity contribution in [2.45, 2.75) is 12.5 Å². The summed E-state index contributed by atoms with van der Waals surface area (Å²) in [7, 11) is 2.10. The first-order chi connectivity index (χ1) is 11.5. The summed E-state index contributed by atoms with van der Waals surface area (Å²) in [6, 6.07) is 3.42. The number of β-amino-alcohol motifs (C(OH)–C–C–N with tert-alkyl or cyclic N) is 1. The highest BCUT2D eigenvalue weighted by Gasteiger charge is 2.23. The zero-order valence-corrected chi connectivity index (χ0v) is 14.1. The molecule has 0 unspecified atom stereocenters. The summed E-state index contributed by atoms with van der Waals surface area (Å²) >= 11 is 0. The van der Waals surface area contributed by atoms with Crippen LogP contribution in [0.25, 0.3) is 0 Å². The Labute approximate surface area is 142 Å². The van der Waals surface area contributed by atoms with Gasteiger partial charge in [0.05, 0.1) is 18.4 Å². The lowest BCUT2D eigenvalue weighted by atomic mass is 10.0. The number of hydrogen-bond acceptors (Lipinski definition) is 6. The van der Waals surface area contributed by atoms with Crippen molar-refractivity contribution in [2.75, 3.05) is 58.7 Å². The van der Waals surface area contributed by atoms with Gasteiger partial charge in [0.25, 0.3) is 5.91 Å². The summed E-state index contributed by atoms with van der Waals surface area (Å²) in [5.74, 6) is 0.440. The van der Waals surface area contributed by atoms with Crippen LogP contribution in [-0.4, -0.2) is 79.8 Å². The second-order valence-electron chi connectivity index (χ2n) is 6.58. The Hall–Kier alpha value is -1.83. The summed E-state index contributed by atoms with van der Waals surface area (Å²) in [5, 5.41) is 13.0. The van der Waals surface area contributed by atoms with Crippen molar-refractivity contribution < 1.29 is 14.6 Å². The Balaban J connectivity index is 1.52. The molecule has 0 bridgehead atoms. The normalized spacial score (nSPS) is 19.6. The molecule has 7 nitrogen and oxygen atoms in total. The van der Waals surface area contributed by atoms with Gasteiger partial charge in [-0.25, -0.2) is 0 Å². The van der Waals surface area contributed by atoms with Gasteiger partial charge in [-0.15, -0.1) is 0 Å². The largest absolute Gasteiger partial charge is 0.491 e. The zero-order valence-electron chi connectivity index (χ0n) is 14.1. The molecule has 132 valence electrons. The molecule has 0 saturated carbocycles. The summed E-state index contributed by atoms with van der Waals surface area (Å²) in [6.07, 6.45) is 0.114. The first-order valence-corrected chi connectivity index (χ1v) is 8.46. The number of carbonyl (C=O) groups is 1. The van der Waals surface area contributed by atoms with Crippen molar-refractivity contribution in [3.63, 3.8) is 0 Å². The molecule has 3 rings (SSSR count). The maximum atomic E-state index is 12.4. The van der Waals surface area contributed by atoms with Crippen LogP contribution in [-0.2, 0) is 6.42 Å². The zero-order chi connectivity index (χ0) is 17.1. The monoisotopic (exact) mass is 334 g/mol. The van der Waals surface area contributed by atoms with Crippen molar-refractivity contribution in [1.82, 2.24) is 15.1 Å². The van der Waals surface area contributed by atoms with Gasteiger partial charge in [0.15, 0.2) is 0 Å². The number of rotatable bonds is 5. The Morgan fingerprint density at radius 1 is 1.38 bits per heavy atom. The summed E-state index contributed by atoms with van der Waals surface area (Å²) in [5.41, 5.74) is 7.88. The number of nitrogens with zero attached hydrogens (tertiary/aromatic N) is 2. The number of piperazine rings is 1. The number of anilines is 1. The quantitative estimate of drug-likeness (QED) is 0.632. The molecule has 0 radical (unpaired) electrons. The van der Waals surface area contributed by atoms with E-state index in [0.717, 1.165) is 31.7 Å². The minimum Gasteiger partial charge on any atom is -0.491 e. The lowest BCUT2D eigenvalue weighted by Crippen LogP contribution is -2.48. The fraction of sp³-hybridized carbons (Fsp3) is 0.588. The lowest BCUT2D eigenvalue weighted by molar-refractivity contribution is 0.0737. The molecule has 0 aliphatic carbocycles. The van der Waals surface area contributed by atoms with Gasteiger partial charge >= 0.3 is 0 Å². The van der Waals surface area contributed by atoms with Crippen molar-refractivity contribution in [1.29, 1.82) is 0 Å². The number of nitrogen functional groups attached to an aromatic ring is 1. The molecule has 2 aliphatic heterocycles. The van der Waals surface area contributed by atoms with Crippen LogP contribution in [0.4, 0.5) is 5.69 Å². The first-order valence-electron chi connectivity index (χ1n) is 8.46. The summed E-state index contributed by atoms with van der Waals surface area (Å²) in [6.45, 7) is 5.29. The van der Waals surface area contributed by atoms with Gasteiger partial charge in [-0.3, -0.25) is 9.69 Å². The molecule has 2 heterocycles. The van der Waals surface area contributed by atoms with E-state index in [1.165, 1.54) is 0 Å². The molecule has 1 amide bonds. The van der Waals surface area contributed by atoms with Gasteiger partial charge in [-0.1, -0.05) is 0 Å². The third-order valence-electron chi connectivity index (χ3n) is 4.70. The highest BCUT2D eigenvalue weighted by molar-refractivity contribution is 5.97. The molecular weight excluding hydrogens is 308 g/mol. The van der Waals surface area contributed by atoms with Crippen LogP contribution in [0.3, 0.4) is 0 Å². The van der Waals surface area contributed by atoms with Crippen molar-refractivity contribution in [3.05, 3.63) is 23.3 Å². The number of nitrogens with one attached hydrogen (secondary N) is 1. The Morgan fingerprint density at radius 2 is 2.12 bits per heavy atom. The van der Waals surface area contributed by atoms with Gasteiger partial charge in [0.1, 0.15) is 5.75 Å². The van der Waals surface area contributed by atoms with Crippen LogP contribution in [0, 0.1) is 0 Å². The number of fused-ring (bicyclic) bond motifs is 1. The molecular formula is C17H26N4O3. The van der Waals surface area contributed by atoms with Crippen LogP contribution in [0.2, 0.25) is 0 Å². The van der Waals surface area contributed by atoms with E-state index >= 15 is 0 Å². The van der Waals surface area contributed by atoms with Gasteiger partial charge in [0.2, 0.25) is 0 Å². The molecule has 0 spiro atoms. The van der Waals surface area contributed by atoms with Gasteiger partial charge in [-0.05, 0) is 19.2 Å². The number of aliphatic hydroxyl groups is 1. The van der Waals surface area contributed by atoms with Crippen molar-refractivity contribution in [2.24, 2.45) is 0 Å². The SMILES string of the molecule is CN1CCN(C[C@@H](O)CNC(=O)c2ccc(N)c3c2CCO3)CC1. The van der Waals surface area contributed by atoms with E-state index in [9.17, 15) is 9.90 Å². The molecule has 1 aromatic carbocycles. The number of hydrogen-bond donors (Lipinski definition) is 3. The number of nitrogens with two attached hydrogens (primary N) is 1. The maximum Gasteiger partial charge on any atom is 0.251 e. The molecule has 24 heavy (non-hydrogen) atoms. The number of likely N-dealkylation sites (N-methyl/N-ethyl adjacent to an activating group) is 1. The third kappa shape index (κ3) is 3.80. The number of amides is 1. The predicted molar refractivity (Wildman–Crippen MR) is 92.3 cm³/mol. The fourth-order valence-electron chi connectivity index (χ4n) is 3.23. The smallest absolute Gasteiger partial charge is 0.251 e. The van der Waals surface area contributed by atoms with E-state index in [1.54, 1.807) is 12.1 Å². The number of ether oxygens (including phenoxy) is 1. The average Bonchev–Trinajstić information content (AvgIpc) is 3.06. The molecule has 4 N–H and O–H groups in total. The average molecular weight is 334 g/mol. The van der Waals surface area contributed by atoms with Crippen LogP contribution < -0.4 is 15.8 Å². The number of benzene rings is 1. The highest BCUT2D eigenvalue weighted by Crippen LogP contribution is 2.34. The van der Waals surface area contributed by atoms with E-state index in [-0.39, 0.29) is 12.5 Å². The predicted octanol–water partition coefficient (Wildman–Crippen LogP) is -0.458. The van der Waals surface area contributed by atoms with E-state index in [1.807, 2.05) is 0 Å². The molecule has 7 heteroatoms. The topological polar surface area (TPSA) is 91.1 Å². The van der Waals surface area contributed by atoms with Gasteiger partial charge in [-0.2, -0.15) is 0 Å². The van der Waals surface area contributed by atoms with Crippen LogP contribution >= 0.6 is 0 Å². The Morgan fingerprint density at radius 3 is 2.88 bits per heavy atom. The first kappa shape index (κ1) is 17.0. The van der Waals surface area contributed by atoms with Crippen molar-refractivity contribution in [3.8, 4) is 5.75 Å². The summed E-state index contributed by atoms with van der Waals surface area (Å²) in [4.78, 5) is 16.9. The third-order valence-corrected chi connectivity index (χ3v) is 4.70. The van der Waals surface area contributed by atoms with Gasteiger partial charge in [0, 0.05) is 56.8 Å². The minimum atomic E-state index is -0.574.